The summed E-state index contributed by atoms with van der Waals surface area (Å²) in [5.41, 5.74) is 1.67. The summed E-state index contributed by atoms with van der Waals surface area (Å²) in [6.07, 6.45) is 0. The van der Waals surface area contributed by atoms with Crippen molar-refractivity contribution >= 4 is 17.6 Å². The molecule has 0 atom stereocenters. The van der Waals surface area contributed by atoms with Crippen LogP contribution in [0, 0.1) is 6.92 Å². The average molecular weight is 381 g/mol. The predicted octanol–water partition coefficient (Wildman–Crippen LogP) is 1.99. The number of esters is 1. The Morgan fingerprint density at radius 1 is 1.14 bits per heavy atom. The molecule has 0 aliphatic heterocycles. The molecule has 0 unspecified atom stereocenters. The molecule has 0 fully saturated rings. The number of aryl methyl sites for hydroxylation is 1. The normalized spacial score (nSPS) is 10.4. The van der Waals surface area contributed by atoms with E-state index in [-0.39, 0.29) is 19.1 Å². The molecule has 0 radical (unpaired) electrons. The highest BCUT2D eigenvalue weighted by atomic mass is 16.5. The van der Waals surface area contributed by atoms with Gasteiger partial charge in [0.15, 0.2) is 6.61 Å². The molecule has 9 nitrogen and oxygen atoms in total. The molecule has 3 aromatic rings. The second-order valence-electron chi connectivity index (χ2n) is 5.91. The standard InChI is InChI=1S/C19H19N5O4/c1-13-8-9-14(19(26)27-2)10-16(13)20-18(25)11-24-22-17(21-23-24)12-28-15-6-4-3-5-7-15/h3-10H,11-12H2,1-2H3,(H,20,25). The van der Waals surface area contributed by atoms with E-state index in [4.69, 9.17) is 9.47 Å². The maximum atomic E-state index is 12.3. The molecule has 144 valence electrons. The molecule has 1 aromatic heterocycles. The van der Waals surface area contributed by atoms with Crippen LogP contribution < -0.4 is 10.1 Å². The lowest BCUT2D eigenvalue weighted by Crippen LogP contribution is -2.21. The Labute approximate surface area is 161 Å². The number of rotatable bonds is 7. The van der Waals surface area contributed by atoms with Crippen LogP contribution in [0.15, 0.2) is 48.5 Å². The average Bonchev–Trinajstić information content (AvgIpc) is 3.15. The zero-order chi connectivity index (χ0) is 19.9. The van der Waals surface area contributed by atoms with E-state index >= 15 is 0 Å². The Hall–Kier alpha value is -3.75. The smallest absolute Gasteiger partial charge is 0.337 e. The van der Waals surface area contributed by atoms with Crippen molar-refractivity contribution in [2.45, 2.75) is 20.1 Å². The minimum atomic E-state index is -0.475. The second kappa shape index (κ2) is 8.76. The molecule has 0 spiro atoms. The molecule has 2 aromatic carbocycles. The number of methoxy groups -OCH3 is 1. The topological polar surface area (TPSA) is 108 Å². The van der Waals surface area contributed by atoms with E-state index in [0.29, 0.717) is 22.8 Å². The van der Waals surface area contributed by atoms with Crippen LogP contribution in [-0.2, 0) is 22.7 Å². The number of aromatic nitrogens is 4. The Bertz CT molecular complexity index is 971. The van der Waals surface area contributed by atoms with Crippen molar-refractivity contribution in [3.05, 3.63) is 65.5 Å². The van der Waals surface area contributed by atoms with Gasteiger partial charge in [-0.25, -0.2) is 4.79 Å². The largest absolute Gasteiger partial charge is 0.485 e. The molecule has 0 saturated carbocycles. The lowest BCUT2D eigenvalue weighted by molar-refractivity contribution is -0.117. The van der Waals surface area contributed by atoms with Crippen LogP contribution in [0.5, 0.6) is 5.75 Å². The Morgan fingerprint density at radius 2 is 1.93 bits per heavy atom. The number of anilines is 1. The molecule has 3 rings (SSSR count). The third kappa shape index (κ3) is 4.91. The van der Waals surface area contributed by atoms with Crippen molar-refractivity contribution in [2.24, 2.45) is 0 Å². The molecule has 0 aliphatic carbocycles. The van der Waals surface area contributed by atoms with E-state index in [1.54, 1.807) is 18.2 Å². The molecular weight excluding hydrogens is 362 g/mol. The molecule has 0 aliphatic rings. The first-order valence-corrected chi connectivity index (χ1v) is 8.48. The van der Waals surface area contributed by atoms with Crippen LogP contribution in [0.1, 0.15) is 21.7 Å². The lowest BCUT2D eigenvalue weighted by Gasteiger charge is -2.09. The molecular formula is C19H19N5O4. The Balaban J connectivity index is 1.58. The lowest BCUT2D eigenvalue weighted by atomic mass is 10.1. The second-order valence-corrected chi connectivity index (χ2v) is 5.91. The number of hydrogen-bond acceptors (Lipinski definition) is 7. The summed E-state index contributed by atoms with van der Waals surface area (Å²) in [5.74, 6) is 0.229. The number of tetrazole rings is 1. The van der Waals surface area contributed by atoms with Crippen LogP contribution in [-0.4, -0.2) is 39.2 Å². The highest BCUT2D eigenvalue weighted by Crippen LogP contribution is 2.17. The van der Waals surface area contributed by atoms with E-state index in [1.807, 2.05) is 37.3 Å². The summed E-state index contributed by atoms with van der Waals surface area (Å²) in [5, 5.41) is 14.6. The van der Waals surface area contributed by atoms with Crippen LogP contribution in [0.25, 0.3) is 0 Å². The van der Waals surface area contributed by atoms with Crippen molar-refractivity contribution in [1.82, 2.24) is 20.2 Å². The van der Waals surface area contributed by atoms with E-state index < -0.39 is 5.97 Å². The number of hydrogen-bond donors (Lipinski definition) is 1. The third-order valence-corrected chi connectivity index (χ3v) is 3.82. The van der Waals surface area contributed by atoms with Crippen LogP contribution in [0.4, 0.5) is 5.69 Å². The number of nitrogens with one attached hydrogen (secondary N) is 1. The molecule has 1 heterocycles. The zero-order valence-electron chi connectivity index (χ0n) is 15.5. The summed E-state index contributed by atoms with van der Waals surface area (Å²) in [6.45, 7) is 1.84. The SMILES string of the molecule is COC(=O)c1ccc(C)c(NC(=O)Cn2nnc(COc3ccccc3)n2)c1. The van der Waals surface area contributed by atoms with Crippen molar-refractivity contribution in [1.29, 1.82) is 0 Å². The highest BCUT2D eigenvalue weighted by molar-refractivity contribution is 5.95. The van der Waals surface area contributed by atoms with E-state index in [0.717, 1.165) is 5.56 Å². The van der Waals surface area contributed by atoms with Crippen LogP contribution in [0.2, 0.25) is 0 Å². The van der Waals surface area contributed by atoms with Gasteiger partial charge in [0.05, 0.1) is 12.7 Å². The summed E-state index contributed by atoms with van der Waals surface area (Å²) in [7, 11) is 1.30. The quantitative estimate of drug-likeness (QED) is 0.624. The maximum absolute atomic E-state index is 12.3. The summed E-state index contributed by atoms with van der Waals surface area (Å²) in [4.78, 5) is 25.1. The molecule has 0 saturated heterocycles. The number of para-hydroxylation sites is 1. The van der Waals surface area contributed by atoms with Crippen LogP contribution in [0.3, 0.4) is 0 Å². The van der Waals surface area contributed by atoms with Crippen molar-refractivity contribution in [2.75, 3.05) is 12.4 Å². The van der Waals surface area contributed by atoms with Gasteiger partial charge in [0.1, 0.15) is 12.3 Å². The van der Waals surface area contributed by atoms with Gasteiger partial charge in [-0.1, -0.05) is 24.3 Å². The third-order valence-electron chi connectivity index (χ3n) is 3.82. The number of amides is 1. The number of carbonyl (C=O) groups excluding carboxylic acids is 2. The highest BCUT2D eigenvalue weighted by Gasteiger charge is 2.12. The summed E-state index contributed by atoms with van der Waals surface area (Å²) in [6, 6.07) is 14.2. The molecule has 9 heteroatoms. The van der Waals surface area contributed by atoms with Gasteiger partial charge in [-0.2, -0.15) is 4.80 Å². The first kappa shape index (κ1) is 19.0. The molecule has 28 heavy (non-hydrogen) atoms. The van der Waals surface area contributed by atoms with E-state index in [9.17, 15) is 9.59 Å². The number of ether oxygens (including phenoxy) is 2. The first-order valence-electron chi connectivity index (χ1n) is 8.48. The van der Waals surface area contributed by atoms with Crippen LogP contribution >= 0.6 is 0 Å². The molecule has 1 amide bonds. The van der Waals surface area contributed by atoms with Gasteiger partial charge in [0.2, 0.25) is 11.7 Å². The summed E-state index contributed by atoms with van der Waals surface area (Å²) >= 11 is 0. The molecule has 1 N–H and O–H groups in total. The van der Waals surface area contributed by atoms with Crippen molar-refractivity contribution < 1.29 is 19.1 Å². The Morgan fingerprint density at radius 3 is 2.68 bits per heavy atom. The van der Waals surface area contributed by atoms with Gasteiger partial charge in [-0.05, 0) is 42.0 Å². The zero-order valence-corrected chi connectivity index (χ0v) is 15.5. The Kier molecular flexibility index (Phi) is 5.95. The number of benzene rings is 2. The fourth-order valence-corrected chi connectivity index (χ4v) is 2.39. The fraction of sp³-hybridized carbons (Fsp3) is 0.211. The fourth-order valence-electron chi connectivity index (χ4n) is 2.39. The van der Waals surface area contributed by atoms with Gasteiger partial charge >= 0.3 is 5.97 Å². The number of carbonyl (C=O) groups is 2. The van der Waals surface area contributed by atoms with Gasteiger partial charge in [0.25, 0.3) is 0 Å². The van der Waals surface area contributed by atoms with Gasteiger partial charge < -0.3 is 14.8 Å². The van der Waals surface area contributed by atoms with Gasteiger partial charge in [0, 0.05) is 5.69 Å². The minimum Gasteiger partial charge on any atom is -0.485 e. The van der Waals surface area contributed by atoms with E-state index in [1.165, 1.54) is 11.9 Å². The molecule has 0 bridgehead atoms. The number of nitrogens with zero attached hydrogens (tertiary/aromatic N) is 4. The van der Waals surface area contributed by atoms with Gasteiger partial charge in [-0.3, -0.25) is 4.79 Å². The predicted molar refractivity (Wildman–Crippen MR) is 99.7 cm³/mol. The monoisotopic (exact) mass is 381 g/mol. The van der Waals surface area contributed by atoms with Gasteiger partial charge in [-0.15, -0.1) is 10.2 Å². The first-order chi connectivity index (χ1) is 13.5. The maximum Gasteiger partial charge on any atom is 0.337 e. The minimum absolute atomic E-state index is 0.125. The van der Waals surface area contributed by atoms with E-state index in [2.05, 4.69) is 20.7 Å². The summed E-state index contributed by atoms with van der Waals surface area (Å²) < 4.78 is 10.2. The van der Waals surface area contributed by atoms with Crippen molar-refractivity contribution in [3.63, 3.8) is 0 Å². The van der Waals surface area contributed by atoms with Crippen molar-refractivity contribution in [3.8, 4) is 5.75 Å².